The van der Waals surface area contributed by atoms with Gasteiger partial charge in [0, 0.05) is 16.3 Å². The summed E-state index contributed by atoms with van der Waals surface area (Å²) in [6.45, 7) is 5.02. The summed E-state index contributed by atoms with van der Waals surface area (Å²) in [6.07, 6.45) is 1.74. The number of aromatic nitrogens is 2. The molecule has 4 rings (SSSR count). The fourth-order valence-electron chi connectivity index (χ4n) is 3.52. The minimum Gasteiger partial charge on any atom is -0.368 e. The molecule has 1 unspecified atom stereocenters. The van der Waals surface area contributed by atoms with E-state index in [0.717, 1.165) is 41.2 Å². The van der Waals surface area contributed by atoms with Gasteiger partial charge in [0.05, 0.1) is 11.1 Å². The van der Waals surface area contributed by atoms with Crippen LogP contribution in [0.3, 0.4) is 0 Å². The van der Waals surface area contributed by atoms with Gasteiger partial charge in [-0.25, -0.2) is 9.97 Å². The molecular weight excluding hydrogens is 376 g/mol. The molecular formula is C20H22N4OS2. The molecule has 3 aromatic rings. The van der Waals surface area contributed by atoms with Crippen LogP contribution in [-0.2, 0) is 10.5 Å². The highest BCUT2D eigenvalue weighted by atomic mass is 32.2. The quantitative estimate of drug-likeness (QED) is 0.656. The van der Waals surface area contributed by atoms with Crippen LogP contribution in [0.25, 0.3) is 10.2 Å². The van der Waals surface area contributed by atoms with Crippen molar-refractivity contribution in [3.63, 3.8) is 0 Å². The molecule has 1 aromatic carbocycles. The molecule has 0 bridgehead atoms. The van der Waals surface area contributed by atoms with Crippen molar-refractivity contribution < 1.29 is 4.79 Å². The van der Waals surface area contributed by atoms with Crippen molar-refractivity contribution in [3.05, 3.63) is 46.6 Å². The molecule has 0 aliphatic carbocycles. The summed E-state index contributed by atoms with van der Waals surface area (Å²) in [7, 11) is 0. The summed E-state index contributed by atoms with van der Waals surface area (Å²) in [6, 6.07) is 9.98. The van der Waals surface area contributed by atoms with E-state index >= 15 is 0 Å². The fraction of sp³-hybridized carbons (Fsp3) is 0.350. The van der Waals surface area contributed by atoms with Crippen LogP contribution in [0.1, 0.15) is 29.1 Å². The number of thiophene rings is 1. The van der Waals surface area contributed by atoms with Crippen molar-refractivity contribution in [1.82, 2.24) is 9.97 Å². The highest BCUT2D eigenvalue weighted by molar-refractivity contribution is 7.98. The molecule has 0 radical (unpaired) electrons. The minimum atomic E-state index is -0.280. The normalized spacial score (nSPS) is 17.0. The summed E-state index contributed by atoms with van der Waals surface area (Å²) >= 11 is 3.41. The number of fused-ring (bicyclic) bond motifs is 1. The number of amides is 1. The van der Waals surface area contributed by atoms with Crippen LogP contribution < -0.4 is 10.6 Å². The monoisotopic (exact) mass is 398 g/mol. The van der Waals surface area contributed by atoms with Crippen molar-refractivity contribution >= 4 is 45.0 Å². The van der Waals surface area contributed by atoms with Crippen molar-refractivity contribution in [2.24, 2.45) is 5.73 Å². The molecule has 7 heteroatoms. The molecule has 1 atom stereocenters. The number of thioether (sulfide) groups is 1. The van der Waals surface area contributed by atoms with Crippen LogP contribution in [0.4, 0.5) is 5.82 Å². The lowest BCUT2D eigenvalue weighted by atomic mass is 10.1. The zero-order valence-corrected chi connectivity index (χ0v) is 17.1. The number of nitrogens with zero attached hydrogens (tertiary/aromatic N) is 3. The van der Waals surface area contributed by atoms with Gasteiger partial charge in [0.15, 0.2) is 0 Å². The summed E-state index contributed by atoms with van der Waals surface area (Å²) in [5.74, 6) is 2.08. The van der Waals surface area contributed by atoms with Crippen molar-refractivity contribution in [2.45, 2.75) is 43.4 Å². The van der Waals surface area contributed by atoms with E-state index in [4.69, 9.17) is 15.7 Å². The molecule has 1 aliphatic heterocycles. The molecule has 27 heavy (non-hydrogen) atoms. The zero-order chi connectivity index (χ0) is 19.0. The summed E-state index contributed by atoms with van der Waals surface area (Å²) < 4.78 is 0. The van der Waals surface area contributed by atoms with E-state index in [1.165, 1.54) is 15.3 Å². The summed E-state index contributed by atoms with van der Waals surface area (Å²) in [4.78, 5) is 27.2. The second kappa shape index (κ2) is 7.48. The Morgan fingerprint density at radius 1 is 1.30 bits per heavy atom. The van der Waals surface area contributed by atoms with Crippen molar-refractivity contribution in [2.75, 3.05) is 11.4 Å². The largest absolute Gasteiger partial charge is 0.368 e. The molecule has 1 fully saturated rings. The number of anilines is 1. The summed E-state index contributed by atoms with van der Waals surface area (Å²) in [5.41, 5.74) is 6.86. The Kier molecular flexibility index (Phi) is 5.06. The van der Waals surface area contributed by atoms with E-state index in [9.17, 15) is 4.79 Å². The van der Waals surface area contributed by atoms with Gasteiger partial charge >= 0.3 is 0 Å². The van der Waals surface area contributed by atoms with E-state index in [2.05, 4.69) is 30.9 Å². The van der Waals surface area contributed by atoms with Crippen LogP contribution >= 0.6 is 23.1 Å². The first-order valence-electron chi connectivity index (χ1n) is 9.05. The second-order valence-corrected chi connectivity index (χ2v) is 9.03. The molecule has 140 valence electrons. The van der Waals surface area contributed by atoms with E-state index in [0.29, 0.717) is 5.75 Å². The molecule has 2 N–H and O–H groups in total. The number of carbonyl (C=O) groups excluding carboxylic acids is 1. The van der Waals surface area contributed by atoms with Crippen LogP contribution in [0.2, 0.25) is 0 Å². The molecule has 1 saturated heterocycles. The third-order valence-electron chi connectivity index (χ3n) is 5.02. The molecule has 5 nitrogen and oxygen atoms in total. The highest BCUT2D eigenvalue weighted by Crippen LogP contribution is 2.38. The van der Waals surface area contributed by atoms with Gasteiger partial charge in [-0.05, 0) is 44.4 Å². The van der Waals surface area contributed by atoms with Gasteiger partial charge in [0.1, 0.15) is 22.5 Å². The number of benzene rings is 1. The highest BCUT2D eigenvalue weighted by Gasteiger charge is 2.32. The topological polar surface area (TPSA) is 72.1 Å². The maximum Gasteiger partial charge on any atom is 0.240 e. The van der Waals surface area contributed by atoms with Gasteiger partial charge in [-0.15, -0.1) is 23.1 Å². The lowest BCUT2D eigenvalue weighted by molar-refractivity contribution is -0.119. The van der Waals surface area contributed by atoms with Gasteiger partial charge in [0.25, 0.3) is 0 Å². The Morgan fingerprint density at radius 2 is 2.07 bits per heavy atom. The van der Waals surface area contributed by atoms with Crippen LogP contribution in [0, 0.1) is 13.8 Å². The third-order valence-corrected chi connectivity index (χ3v) is 7.13. The lowest BCUT2D eigenvalue weighted by Crippen LogP contribution is -2.41. The number of nitrogens with two attached hydrogens (primary N) is 1. The number of hydrogen-bond donors (Lipinski definition) is 1. The average molecular weight is 399 g/mol. The predicted molar refractivity (Wildman–Crippen MR) is 112 cm³/mol. The first-order chi connectivity index (χ1) is 13.0. The van der Waals surface area contributed by atoms with E-state index in [-0.39, 0.29) is 11.9 Å². The Labute approximate surface area is 167 Å². The van der Waals surface area contributed by atoms with Gasteiger partial charge in [0.2, 0.25) is 5.91 Å². The van der Waals surface area contributed by atoms with Crippen LogP contribution in [-0.4, -0.2) is 28.5 Å². The third kappa shape index (κ3) is 3.53. The smallest absolute Gasteiger partial charge is 0.240 e. The molecule has 0 spiro atoms. The molecule has 2 aromatic heterocycles. The average Bonchev–Trinajstić information content (AvgIpc) is 3.26. The molecule has 1 aliphatic rings. The fourth-order valence-corrected chi connectivity index (χ4v) is 5.34. The van der Waals surface area contributed by atoms with Gasteiger partial charge in [-0.2, -0.15) is 0 Å². The number of carbonyl (C=O) groups is 1. The minimum absolute atomic E-state index is 0.274. The first kappa shape index (κ1) is 18.3. The van der Waals surface area contributed by atoms with Gasteiger partial charge < -0.3 is 10.6 Å². The maximum absolute atomic E-state index is 11.9. The maximum atomic E-state index is 11.9. The zero-order valence-electron chi connectivity index (χ0n) is 15.4. The van der Waals surface area contributed by atoms with E-state index in [1.807, 2.05) is 18.2 Å². The Hall–Kier alpha value is -2.12. The van der Waals surface area contributed by atoms with E-state index < -0.39 is 0 Å². The first-order valence-corrected chi connectivity index (χ1v) is 10.8. The number of primary amides is 1. The Balaban J connectivity index is 1.75. The lowest BCUT2D eigenvalue weighted by Gasteiger charge is -2.24. The number of rotatable bonds is 5. The molecule has 3 heterocycles. The van der Waals surface area contributed by atoms with Crippen LogP contribution in [0.5, 0.6) is 0 Å². The standard InChI is InChI=1S/C20H22N4OS2/c1-12-13(2)27-20-17(12)19(24-10-6-9-15(24)18(21)25)22-16(23-20)11-26-14-7-4-3-5-8-14/h3-5,7-8,15H,6,9-11H2,1-2H3,(H2,21,25). The Bertz CT molecular complexity index is 987. The molecule has 1 amide bonds. The summed E-state index contributed by atoms with van der Waals surface area (Å²) in [5, 5.41) is 1.07. The number of hydrogen-bond acceptors (Lipinski definition) is 6. The van der Waals surface area contributed by atoms with Gasteiger partial charge in [-0.1, -0.05) is 18.2 Å². The Morgan fingerprint density at radius 3 is 2.81 bits per heavy atom. The molecule has 0 saturated carbocycles. The van der Waals surface area contributed by atoms with Crippen molar-refractivity contribution in [1.29, 1.82) is 0 Å². The predicted octanol–water partition coefficient (Wildman–Crippen LogP) is 4.05. The van der Waals surface area contributed by atoms with Crippen LogP contribution in [0.15, 0.2) is 35.2 Å². The SMILES string of the molecule is Cc1sc2nc(CSc3ccccc3)nc(N3CCCC3C(N)=O)c2c1C. The number of aryl methyl sites for hydroxylation is 2. The van der Waals surface area contributed by atoms with E-state index in [1.54, 1.807) is 23.1 Å². The van der Waals surface area contributed by atoms with Gasteiger partial charge in [-0.3, -0.25) is 4.79 Å². The van der Waals surface area contributed by atoms with Crippen molar-refractivity contribution in [3.8, 4) is 0 Å². The second-order valence-electron chi connectivity index (χ2n) is 6.78.